The second kappa shape index (κ2) is 5.97. The lowest BCUT2D eigenvalue weighted by Crippen LogP contribution is -1.97. The van der Waals surface area contributed by atoms with Crippen LogP contribution in [0.1, 0.15) is 11.3 Å². The molecule has 0 fully saturated rings. The van der Waals surface area contributed by atoms with Crippen LogP contribution in [0.15, 0.2) is 39.7 Å². The molecule has 0 atom stereocenters. The number of aromatic hydroxyl groups is 1. The summed E-state index contributed by atoms with van der Waals surface area (Å²) in [5.41, 5.74) is 0.344. The summed E-state index contributed by atoms with van der Waals surface area (Å²) in [6, 6.07) is 6.61. The maximum absolute atomic E-state index is 11.3. The van der Waals surface area contributed by atoms with Crippen LogP contribution < -0.4 is 14.9 Å². The highest BCUT2D eigenvalue weighted by molar-refractivity contribution is 5.69. The normalized spacial score (nSPS) is 10.7. The summed E-state index contributed by atoms with van der Waals surface area (Å²) in [5.74, 6) is 1.26. The van der Waals surface area contributed by atoms with Crippen molar-refractivity contribution in [1.29, 1.82) is 0 Å². The Bertz CT molecular complexity index is 663. The van der Waals surface area contributed by atoms with Crippen molar-refractivity contribution in [3.63, 3.8) is 0 Å². The molecule has 0 aliphatic heterocycles. The fourth-order valence-electron chi connectivity index (χ4n) is 1.61. The lowest BCUT2D eigenvalue weighted by molar-refractivity contribution is 0.394. The molecule has 20 heavy (non-hydrogen) atoms. The highest BCUT2D eigenvalue weighted by Crippen LogP contribution is 2.23. The molecule has 5 nitrogen and oxygen atoms in total. The van der Waals surface area contributed by atoms with Gasteiger partial charge in [0.15, 0.2) is 5.75 Å². The zero-order valence-electron chi connectivity index (χ0n) is 11.1. The second-order valence-electron chi connectivity index (χ2n) is 4.01. The van der Waals surface area contributed by atoms with Gasteiger partial charge in [-0.05, 0) is 23.8 Å². The lowest BCUT2D eigenvalue weighted by Gasteiger charge is -2.05. The van der Waals surface area contributed by atoms with Gasteiger partial charge in [0, 0.05) is 12.1 Å². The molecule has 0 radical (unpaired) electrons. The molecule has 2 aromatic rings. The molecule has 1 N–H and O–H groups in total. The Morgan fingerprint density at radius 1 is 1.05 bits per heavy atom. The van der Waals surface area contributed by atoms with Crippen molar-refractivity contribution in [3.05, 3.63) is 52.1 Å². The number of benzene rings is 1. The summed E-state index contributed by atoms with van der Waals surface area (Å²) in [6.45, 7) is 0. The van der Waals surface area contributed by atoms with Gasteiger partial charge < -0.3 is 19.0 Å². The Balaban J connectivity index is 2.30. The maximum Gasteiger partial charge on any atom is 0.227 e. The molecule has 5 heteroatoms. The van der Waals surface area contributed by atoms with Gasteiger partial charge in [-0.25, -0.2) is 0 Å². The summed E-state index contributed by atoms with van der Waals surface area (Å²) in [6.07, 6.45) is 4.38. The van der Waals surface area contributed by atoms with Crippen molar-refractivity contribution in [2.24, 2.45) is 0 Å². The summed E-state index contributed by atoms with van der Waals surface area (Å²) in [7, 11) is 3.14. The average molecular weight is 274 g/mol. The third-order valence-corrected chi connectivity index (χ3v) is 2.65. The van der Waals surface area contributed by atoms with Crippen molar-refractivity contribution in [3.8, 4) is 17.2 Å². The van der Waals surface area contributed by atoms with Gasteiger partial charge in [0.25, 0.3) is 0 Å². The van der Waals surface area contributed by atoms with E-state index in [1.807, 2.05) is 12.1 Å². The molecular weight excluding hydrogens is 260 g/mol. The van der Waals surface area contributed by atoms with Crippen molar-refractivity contribution < 1.29 is 19.0 Å². The molecule has 0 bridgehead atoms. The van der Waals surface area contributed by atoms with Crippen LogP contribution in [0, 0.1) is 0 Å². The van der Waals surface area contributed by atoms with Gasteiger partial charge >= 0.3 is 0 Å². The molecule has 0 spiro atoms. The first-order valence-corrected chi connectivity index (χ1v) is 5.85. The smallest absolute Gasteiger partial charge is 0.227 e. The molecule has 0 aliphatic rings. The molecule has 0 saturated carbocycles. The molecule has 104 valence electrons. The van der Waals surface area contributed by atoms with Gasteiger partial charge in [-0.15, -0.1) is 0 Å². The summed E-state index contributed by atoms with van der Waals surface area (Å²) in [5, 5.41) is 9.10. The topological polar surface area (TPSA) is 68.9 Å². The number of hydrogen-bond donors (Lipinski definition) is 1. The third-order valence-electron chi connectivity index (χ3n) is 2.65. The van der Waals surface area contributed by atoms with Gasteiger partial charge in [0.05, 0.1) is 14.2 Å². The van der Waals surface area contributed by atoms with Crippen LogP contribution in [0.5, 0.6) is 17.2 Å². The molecule has 0 aliphatic carbocycles. The van der Waals surface area contributed by atoms with E-state index in [9.17, 15) is 4.79 Å². The Kier molecular flexibility index (Phi) is 4.10. The van der Waals surface area contributed by atoms with Crippen LogP contribution >= 0.6 is 0 Å². The highest BCUT2D eigenvalue weighted by Gasteiger charge is 2.01. The van der Waals surface area contributed by atoms with Crippen LogP contribution in [0.3, 0.4) is 0 Å². The lowest BCUT2D eigenvalue weighted by atomic mass is 10.1. The minimum atomic E-state index is -0.487. The van der Waals surface area contributed by atoms with Crippen molar-refractivity contribution in [2.45, 2.75) is 0 Å². The fourth-order valence-corrected chi connectivity index (χ4v) is 1.61. The average Bonchev–Trinajstić information content (AvgIpc) is 2.48. The van der Waals surface area contributed by atoms with E-state index < -0.39 is 11.2 Å². The number of hydrogen-bond acceptors (Lipinski definition) is 5. The standard InChI is InChI=1S/C15H14O5/c1-18-12-5-10(6-13(7-12)19-2)3-4-11-8-14(16)15(17)9-20-11/h3-9,17H,1-2H3/b4-3+. The summed E-state index contributed by atoms with van der Waals surface area (Å²) < 4.78 is 15.4. The Morgan fingerprint density at radius 2 is 1.70 bits per heavy atom. The van der Waals surface area contributed by atoms with Crippen LogP contribution in [-0.2, 0) is 0 Å². The van der Waals surface area contributed by atoms with Gasteiger partial charge in [0.1, 0.15) is 23.5 Å². The van der Waals surface area contributed by atoms with E-state index >= 15 is 0 Å². The first kappa shape index (κ1) is 13.7. The molecule has 1 heterocycles. The van der Waals surface area contributed by atoms with Crippen molar-refractivity contribution in [2.75, 3.05) is 14.2 Å². The molecule has 0 saturated heterocycles. The van der Waals surface area contributed by atoms with E-state index in [1.165, 1.54) is 6.07 Å². The highest BCUT2D eigenvalue weighted by atomic mass is 16.5. The van der Waals surface area contributed by atoms with Crippen LogP contribution in [0.2, 0.25) is 0 Å². The minimum Gasteiger partial charge on any atom is -0.502 e. The summed E-state index contributed by atoms with van der Waals surface area (Å²) in [4.78, 5) is 11.3. The first-order chi connectivity index (χ1) is 9.62. The van der Waals surface area contributed by atoms with Crippen LogP contribution in [-0.4, -0.2) is 19.3 Å². The largest absolute Gasteiger partial charge is 0.502 e. The molecule has 2 rings (SSSR count). The van der Waals surface area contributed by atoms with Crippen molar-refractivity contribution >= 4 is 12.2 Å². The van der Waals surface area contributed by atoms with Gasteiger partial charge in [-0.3, -0.25) is 4.79 Å². The van der Waals surface area contributed by atoms with Crippen molar-refractivity contribution in [1.82, 2.24) is 0 Å². The number of ether oxygens (including phenoxy) is 2. The van der Waals surface area contributed by atoms with E-state index in [0.717, 1.165) is 11.8 Å². The fraction of sp³-hybridized carbons (Fsp3) is 0.133. The molecule has 1 aromatic carbocycles. The monoisotopic (exact) mass is 274 g/mol. The summed E-state index contributed by atoms with van der Waals surface area (Å²) >= 11 is 0. The Morgan fingerprint density at radius 3 is 2.25 bits per heavy atom. The molecule has 1 aromatic heterocycles. The predicted octanol–water partition coefficient (Wildman–Crippen LogP) is 2.53. The van der Waals surface area contributed by atoms with E-state index in [1.54, 1.807) is 32.4 Å². The number of methoxy groups -OCH3 is 2. The number of rotatable bonds is 4. The molecule has 0 unspecified atom stereocenters. The van der Waals surface area contributed by atoms with E-state index in [0.29, 0.717) is 17.3 Å². The van der Waals surface area contributed by atoms with Gasteiger partial charge in [-0.1, -0.05) is 6.08 Å². The van der Waals surface area contributed by atoms with Crippen LogP contribution in [0.25, 0.3) is 12.2 Å². The maximum atomic E-state index is 11.3. The van der Waals surface area contributed by atoms with E-state index in [4.69, 9.17) is 19.0 Å². The van der Waals surface area contributed by atoms with E-state index in [2.05, 4.69) is 0 Å². The van der Waals surface area contributed by atoms with Gasteiger partial charge in [0.2, 0.25) is 5.43 Å². The van der Waals surface area contributed by atoms with Crippen LogP contribution in [0.4, 0.5) is 0 Å². The molecular formula is C15H14O5. The predicted molar refractivity (Wildman–Crippen MR) is 75.1 cm³/mol. The second-order valence-corrected chi connectivity index (χ2v) is 4.01. The Hall–Kier alpha value is -2.69. The van der Waals surface area contributed by atoms with Gasteiger partial charge in [-0.2, -0.15) is 0 Å². The molecule has 0 amide bonds. The Labute approximate surface area is 115 Å². The zero-order valence-corrected chi connectivity index (χ0v) is 11.1. The first-order valence-electron chi connectivity index (χ1n) is 5.85. The zero-order chi connectivity index (χ0) is 14.5. The minimum absolute atomic E-state index is 0.342. The van der Waals surface area contributed by atoms with E-state index in [-0.39, 0.29) is 0 Å². The quantitative estimate of drug-likeness (QED) is 0.927. The SMILES string of the molecule is COc1cc(/C=C/c2cc(=O)c(O)co2)cc(OC)c1. The third kappa shape index (κ3) is 3.20.